The molecule has 8 heteroatoms. The fourth-order valence-corrected chi connectivity index (χ4v) is 9.02. The van der Waals surface area contributed by atoms with Crippen molar-refractivity contribution >= 4 is 17.0 Å². The zero-order valence-corrected chi connectivity index (χ0v) is 23.7. The highest BCUT2D eigenvalue weighted by Crippen LogP contribution is 2.47. The molecule has 1 aromatic carbocycles. The minimum Gasteiger partial charge on any atom is -0.480 e. The zero-order valence-electron chi connectivity index (χ0n) is 23.7. The van der Waals surface area contributed by atoms with Gasteiger partial charge in [-0.3, -0.25) is 23.9 Å². The SMILES string of the molecule is O=C(O)Cn1c(-c2nc3ccccc3n([C@@H]3C[C@H]4CCC[C@@H](C3)N4[C@@H]3C[C@@H]4CCCC[C@@H](C4)C3)c2=O)cccc1=O. The maximum atomic E-state index is 14.3. The largest absolute Gasteiger partial charge is 0.480 e. The molecule has 2 saturated heterocycles. The summed E-state index contributed by atoms with van der Waals surface area (Å²) in [4.78, 5) is 46.2. The van der Waals surface area contributed by atoms with Gasteiger partial charge in [0.25, 0.3) is 11.1 Å². The van der Waals surface area contributed by atoms with Crippen molar-refractivity contribution in [2.75, 3.05) is 0 Å². The van der Waals surface area contributed by atoms with Crippen LogP contribution in [0.1, 0.15) is 83.1 Å². The second-order valence-electron chi connectivity index (χ2n) is 13.0. The second-order valence-corrected chi connectivity index (χ2v) is 13.0. The Morgan fingerprint density at radius 2 is 1.49 bits per heavy atom. The average molecular weight is 557 g/mol. The number of fused-ring (bicyclic) bond motifs is 5. The van der Waals surface area contributed by atoms with Crippen LogP contribution in [0.5, 0.6) is 0 Å². The van der Waals surface area contributed by atoms with Crippen molar-refractivity contribution in [2.45, 2.75) is 108 Å². The summed E-state index contributed by atoms with van der Waals surface area (Å²) in [5, 5.41) is 9.49. The smallest absolute Gasteiger partial charge is 0.323 e. The molecule has 41 heavy (non-hydrogen) atoms. The Kier molecular flexibility index (Phi) is 7.05. The molecule has 3 aromatic rings. The average Bonchev–Trinajstić information content (AvgIpc) is 3.12. The lowest BCUT2D eigenvalue weighted by atomic mass is 9.73. The van der Waals surface area contributed by atoms with Crippen molar-refractivity contribution in [3.63, 3.8) is 0 Å². The molecule has 2 aliphatic heterocycles. The predicted molar refractivity (Wildman–Crippen MR) is 158 cm³/mol. The third-order valence-electron chi connectivity index (χ3n) is 10.5. The van der Waals surface area contributed by atoms with Gasteiger partial charge in [0, 0.05) is 30.2 Å². The van der Waals surface area contributed by atoms with Gasteiger partial charge in [0.1, 0.15) is 6.54 Å². The third kappa shape index (κ3) is 4.94. The minimum atomic E-state index is -1.14. The van der Waals surface area contributed by atoms with Crippen LogP contribution in [0.3, 0.4) is 0 Å². The number of nitrogens with zero attached hydrogens (tertiary/aromatic N) is 4. The molecule has 0 amide bonds. The van der Waals surface area contributed by atoms with E-state index in [0.717, 1.165) is 34.8 Å². The van der Waals surface area contributed by atoms with Gasteiger partial charge in [-0.05, 0) is 75.0 Å². The van der Waals surface area contributed by atoms with Gasteiger partial charge in [-0.1, -0.05) is 50.3 Å². The number of aliphatic carboxylic acids is 1. The molecule has 2 aromatic heterocycles. The topological polar surface area (TPSA) is 97.4 Å². The molecule has 4 bridgehead atoms. The van der Waals surface area contributed by atoms with E-state index in [2.05, 4.69) is 4.90 Å². The van der Waals surface area contributed by atoms with Crippen LogP contribution < -0.4 is 11.1 Å². The zero-order chi connectivity index (χ0) is 28.1. The molecule has 4 heterocycles. The Balaban J connectivity index is 1.28. The maximum Gasteiger partial charge on any atom is 0.323 e. The number of hydrogen-bond acceptors (Lipinski definition) is 5. The number of rotatable bonds is 5. The molecule has 4 fully saturated rings. The first-order chi connectivity index (χ1) is 20.0. The van der Waals surface area contributed by atoms with Gasteiger partial charge in [-0.25, -0.2) is 4.98 Å². The van der Waals surface area contributed by atoms with Crippen LogP contribution >= 0.6 is 0 Å². The summed E-state index contributed by atoms with van der Waals surface area (Å²) < 4.78 is 3.08. The Morgan fingerprint density at radius 3 is 2.20 bits per heavy atom. The van der Waals surface area contributed by atoms with E-state index in [-0.39, 0.29) is 23.0 Å². The van der Waals surface area contributed by atoms with E-state index in [0.29, 0.717) is 23.6 Å². The van der Waals surface area contributed by atoms with Crippen LogP contribution in [-0.4, -0.2) is 48.2 Å². The molecule has 8 nitrogen and oxygen atoms in total. The molecular formula is C33H40N4O4. The number of para-hydroxylation sites is 2. The molecule has 1 N–H and O–H groups in total. The molecule has 0 spiro atoms. The number of aromatic nitrogens is 3. The number of hydrogen-bond donors (Lipinski definition) is 1. The standard InChI is InChI=1S/C33H40N4O4/c38-30-14-6-13-29(35(30)20-31(39)40)32-33(41)37(28-12-4-3-11-27(28)34-32)26-18-23-9-5-10-24(19-26)36(23)25-16-21-7-1-2-8-22(15-21)17-25/h3-4,6,11-14,21-26H,1-2,5,7-10,15-20H2,(H,39,40)/t21-,22+,23-,24+,25-,26-. The van der Waals surface area contributed by atoms with E-state index < -0.39 is 18.1 Å². The van der Waals surface area contributed by atoms with Gasteiger partial charge in [0.15, 0.2) is 5.69 Å². The molecule has 216 valence electrons. The Labute approximate surface area is 240 Å². The fourth-order valence-electron chi connectivity index (χ4n) is 9.02. The first kappa shape index (κ1) is 26.6. The van der Waals surface area contributed by atoms with E-state index in [1.54, 1.807) is 12.1 Å². The summed E-state index contributed by atoms with van der Waals surface area (Å²) >= 11 is 0. The third-order valence-corrected chi connectivity index (χ3v) is 10.5. The van der Waals surface area contributed by atoms with Crippen LogP contribution in [0.4, 0.5) is 0 Å². The van der Waals surface area contributed by atoms with Crippen molar-refractivity contribution in [2.24, 2.45) is 11.8 Å². The lowest BCUT2D eigenvalue weighted by Gasteiger charge is -2.54. The highest BCUT2D eigenvalue weighted by molar-refractivity contribution is 5.78. The number of carbonyl (C=O) groups is 1. The first-order valence-electron chi connectivity index (χ1n) is 15.7. The molecule has 6 atom stereocenters. The van der Waals surface area contributed by atoms with E-state index in [9.17, 15) is 19.5 Å². The monoisotopic (exact) mass is 556 g/mol. The lowest BCUT2D eigenvalue weighted by Crippen LogP contribution is -2.58. The summed E-state index contributed by atoms with van der Waals surface area (Å²) in [7, 11) is 0. The van der Waals surface area contributed by atoms with Gasteiger partial charge < -0.3 is 9.67 Å². The van der Waals surface area contributed by atoms with Crippen LogP contribution in [0.2, 0.25) is 0 Å². The van der Waals surface area contributed by atoms with E-state index >= 15 is 0 Å². The number of benzene rings is 1. The molecule has 2 saturated carbocycles. The Morgan fingerprint density at radius 1 is 0.780 bits per heavy atom. The summed E-state index contributed by atoms with van der Waals surface area (Å²) in [6, 6.07) is 13.9. The number of carboxylic acid groups (broad SMARTS) is 1. The number of piperidine rings is 2. The normalized spacial score (nSPS) is 30.1. The van der Waals surface area contributed by atoms with E-state index in [1.165, 1.54) is 70.3 Å². The van der Waals surface area contributed by atoms with Crippen LogP contribution in [-0.2, 0) is 11.3 Å². The molecule has 4 aliphatic rings. The summed E-state index contributed by atoms with van der Waals surface area (Å²) in [5.74, 6) is 0.620. The number of pyridine rings is 1. The molecule has 0 unspecified atom stereocenters. The maximum absolute atomic E-state index is 14.3. The summed E-state index contributed by atoms with van der Waals surface area (Å²) in [5.41, 5.74) is 1.20. The Hall–Kier alpha value is -3.26. The van der Waals surface area contributed by atoms with Gasteiger partial charge >= 0.3 is 5.97 Å². The van der Waals surface area contributed by atoms with Crippen LogP contribution in [0.15, 0.2) is 52.1 Å². The quantitative estimate of drug-likeness (QED) is 0.462. The second kappa shape index (κ2) is 10.9. The first-order valence-corrected chi connectivity index (χ1v) is 15.7. The highest BCUT2D eigenvalue weighted by atomic mass is 16.4. The fraction of sp³-hybridized carbons (Fsp3) is 0.576. The van der Waals surface area contributed by atoms with Gasteiger partial charge in [-0.15, -0.1) is 0 Å². The van der Waals surface area contributed by atoms with Crippen molar-refractivity contribution in [1.82, 2.24) is 19.0 Å². The molecule has 2 aliphatic carbocycles. The number of carboxylic acids is 1. The van der Waals surface area contributed by atoms with Crippen molar-refractivity contribution < 1.29 is 9.90 Å². The van der Waals surface area contributed by atoms with Crippen LogP contribution in [0.25, 0.3) is 22.4 Å². The molecular weight excluding hydrogens is 516 g/mol. The van der Waals surface area contributed by atoms with Crippen molar-refractivity contribution in [3.05, 3.63) is 63.2 Å². The summed E-state index contributed by atoms with van der Waals surface area (Å²) in [6.45, 7) is -0.519. The van der Waals surface area contributed by atoms with Gasteiger partial charge in [0.05, 0.1) is 16.7 Å². The predicted octanol–water partition coefficient (Wildman–Crippen LogP) is 5.23. The van der Waals surface area contributed by atoms with Crippen LogP contribution in [0, 0.1) is 11.8 Å². The van der Waals surface area contributed by atoms with Gasteiger partial charge in [-0.2, -0.15) is 0 Å². The molecule has 0 radical (unpaired) electrons. The van der Waals surface area contributed by atoms with E-state index in [4.69, 9.17) is 4.98 Å². The summed E-state index contributed by atoms with van der Waals surface area (Å²) in [6.07, 6.45) is 15.2. The van der Waals surface area contributed by atoms with Crippen molar-refractivity contribution in [3.8, 4) is 11.4 Å². The van der Waals surface area contributed by atoms with E-state index in [1.807, 2.05) is 28.8 Å². The Bertz CT molecular complexity index is 1550. The minimum absolute atomic E-state index is 0.0370. The van der Waals surface area contributed by atoms with Crippen molar-refractivity contribution in [1.29, 1.82) is 0 Å². The van der Waals surface area contributed by atoms with Gasteiger partial charge in [0.2, 0.25) is 0 Å². The lowest BCUT2D eigenvalue weighted by molar-refractivity contribution is -0.137. The molecule has 7 rings (SSSR count). The highest BCUT2D eigenvalue weighted by Gasteiger charge is 2.45.